The lowest BCUT2D eigenvalue weighted by Gasteiger charge is -2.20. The van der Waals surface area contributed by atoms with Crippen LogP contribution in [0.1, 0.15) is 18.0 Å². The van der Waals surface area contributed by atoms with E-state index in [-0.39, 0.29) is 11.9 Å². The number of nitrogens with zero attached hydrogens (tertiary/aromatic N) is 1. The van der Waals surface area contributed by atoms with Crippen molar-refractivity contribution >= 4 is 17.3 Å². The fourth-order valence-electron chi connectivity index (χ4n) is 2.70. The third-order valence-corrected chi connectivity index (χ3v) is 3.72. The molecule has 0 radical (unpaired) electrons. The summed E-state index contributed by atoms with van der Waals surface area (Å²) in [6, 6.07) is 18.0. The van der Waals surface area contributed by atoms with Gasteiger partial charge in [0.1, 0.15) is 0 Å². The zero-order chi connectivity index (χ0) is 14.7. The quantitative estimate of drug-likeness (QED) is 0.867. The van der Waals surface area contributed by atoms with Crippen LogP contribution in [0.4, 0.5) is 11.4 Å². The molecule has 0 unspecified atom stereocenters. The number of carbonyl (C=O) groups excluding carboxylic acids is 1. The van der Waals surface area contributed by atoms with E-state index in [1.807, 2.05) is 42.5 Å². The molecule has 0 saturated carbocycles. The van der Waals surface area contributed by atoms with E-state index in [0.717, 1.165) is 16.9 Å². The Morgan fingerprint density at radius 1 is 1.14 bits per heavy atom. The molecular formula is C18H18N2O. The van der Waals surface area contributed by atoms with Gasteiger partial charge in [0, 0.05) is 6.54 Å². The van der Waals surface area contributed by atoms with Crippen molar-refractivity contribution in [1.82, 2.24) is 0 Å². The number of hydrogen-bond donors (Lipinski definition) is 1. The largest absolute Gasteiger partial charge is 0.376 e. The number of carbonyl (C=O) groups is 1. The predicted octanol–water partition coefficient (Wildman–Crippen LogP) is 3.76. The van der Waals surface area contributed by atoms with E-state index in [2.05, 4.69) is 24.0 Å². The SMILES string of the molecule is C=CCN1C(=O)C[C@H](c2ccccc2)Nc2ccccc21. The number of amides is 1. The molecule has 0 fully saturated rings. The lowest BCUT2D eigenvalue weighted by atomic mass is 10.0. The minimum absolute atomic E-state index is 0.00494. The number of para-hydroxylation sites is 2. The fraction of sp³-hybridized carbons (Fsp3) is 0.167. The highest BCUT2D eigenvalue weighted by Gasteiger charge is 2.27. The third kappa shape index (κ3) is 2.68. The van der Waals surface area contributed by atoms with E-state index >= 15 is 0 Å². The Kier molecular flexibility index (Phi) is 3.73. The number of benzene rings is 2. The van der Waals surface area contributed by atoms with Crippen LogP contribution in [0.25, 0.3) is 0 Å². The van der Waals surface area contributed by atoms with Crippen LogP contribution in [0.15, 0.2) is 67.3 Å². The molecule has 3 nitrogen and oxygen atoms in total. The number of hydrogen-bond acceptors (Lipinski definition) is 2. The van der Waals surface area contributed by atoms with Crippen LogP contribution in [0, 0.1) is 0 Å². The maximum absolute atomic E-state index is 12.6. The van der Waals surface area contributed by atoms with Gasteiger partial charge in [-0.3, -0.25) is 4.79 Å². The summed E-state index contributed by atoms with van der Waals surface area (Å²) in [6.07, 6.45) is 2.20. The minimum Gasteiger partial charge on any atom is -0.376 e. The van der Waals surface area contributed by atoms with Gasteiger partial charge in [0.15, 0.2) is 0 Å². The normalized spacial score (nSPS) is 17.6. The number of nitrogens with one attached hydrogen (secondary N) is 1. The summed E-state index contributed by atoms with van der Waals surface area (Å²) in [5.41, 5.74) is 3.03. The molecule has 3 rings (SSSR count). The van der Waals surface area contributed by atoms with E-state index in [0.29, 0.717) is 13.0 Å². The van der Waals surface area contributed by atoms with Crippen molar-refractivity contribution in [2.45, 2.75) is 12.5 Å². The predicted molar refractivity (Wildman–Crippen MR) is 86.4 cm³/mol. The molecule has 1 N–H and O–H groups in total. The monoisotopic (exact) mass is 278 g/mol. The maximum Gasteiger partial charge on any atom is 0.229 e. The van der Waals surface area contributed by atoms with Gasteiger partial charge >= 0.3 is 0 Å². The summed E-state index contributed by atoms with van der Waals surface area (Å²) in [7, 11) is 0. The number of fused-ring (bicyclic) bond motifs is 1. The molecular weight excluding hydrogens is 260 g/mol. The van der Waals surface area contributed by atoms with Gasteiger partial charge in [-0.1, -0.05) is 48.5 Å². The highest BCUT2D eigenvalue weighted by atomic mass is 16.2. The van der Waals surface area contributed by atoms with Crippen LogP contribution >= 0.6 is 0 Å². The Hall–Kier alpha value is -2.55. The zero-order valence-electron chi connectivity index (χ0n) is 11.8. The summed E-state index contributed by atoms with van der Waals surface area (Å²) in [5, 5.41) is 3.50. The van der Waals surface area contributed by atoms with Crippen LogP contribution in [0.2, 0.25) is 0 Å². The second kappa shape index (κ2) is 5.83. The molecule has 21 heavy (non-hydrogen) atoms. The topological polar surface area (TPSA) is 32.3 Å². The van der Waals surface area contributed by atoms with Crippen molar-refractivity contribution in [2.24, 2.45) is 0 Å². The average molecular weight is 278 g/mol. The third-order valence-electron chi connectivity index (χ3n) is 3.72. The minimum atomic E-state index is -0.00494. The zero-order valence-corrected chi connectivity index (χ0v) is 11.8. The molecule has 1 aliphatic heterocycles. The van der Waals surface area contributed by atoms with Gasteiger partial charge in [-0.05, 0) is 17.7 Å². The van der Waals surface area contributed by atoms with E-state index < -0.39 is 0 Å². The van der Waals surface area contributed by atoms with E-state index in [9.17, 15) is 4.79 Å². The van der Waals surface area contributed by atoms with Crippen LogP contribution in [0.5, 0.6) is 0 Å². The molecule has 1 atom stereocenters. The lowest BCUT2D eigenvalue weighted by molar-refractivity contribution is -0.118. The van der Waals surface area contributed by atoms with Crippen LogP contribution in [-0.2, 0) is 4.79 Å². The van der Waals surface area contributed by atoms with Crippen molar-refractivity contribution in [3.63, 3.8) is 0 Å². The van der Waals surface area contributed by atoms with Crippen LogP contribution in [0.3, 0.4) is 0 Å². The second-order valence-corrected chi connectivity index (χ2v) is 5.12. The summed E-state index contributed by atoms with van der Waals surface area (Å²) >= 11 is 0. The lowest BCUT2D eigenvalue weighted by Crippen LogP contribution is -2.30. The maximum atomic E-state index is 12.6. The smallest absolute Gasteiger partial charge is 0.229 e. The highest BCUT2D eigenvalue weighted by molar-refractivity contribution is 5.99. The molecule has 2 aromatic carbocycles. The summed E-state index contributed by atoms with van der Waals surface area (Å²) in [5.74, 6) is 0.112. The molecule has 0 bridgehead atoms. The first kappa shape index (κ1) is 13.4. The van der Waals surface area contributed by atoms with Crippen molar-refractivity contribution in [3.8, 4) is 0 Å². The average Bonchev–Trinajstić information content (AvgIpc) is 2.66. The Bertz CT molecular complexity index is 651. The Balaban J connectivity index is 2.01. The molecule has 3 heteroatoms. The first-order valence-electron chi connectivity index (χ1n) is 7.11. The van der Waals surface area contributed by atoms with Gasteiger partial charge < -0.3 is 10.2 Å². The van der Waals surface area contributed by atoms with E-state index in [1.165, 1.54) is 0 Å². The van der Waals surface area contributed by atoms with E-state index in [1.54, 1.807) is 11.0 Å². The van der Waals surface area contributed by atoms with Gasteiger partial charge in [0.05, 0.1) is 23.8 Å². The molecule has 2 aromatic rings. The second-order valence-electron chi connectivity index (χ2n) is 5.12. The number of anilines is 2. The van der Waals surface area contributed by atoms with Crippen LogP contribution < -0.4 is 10.2 Å². The van der Waals surface area contributed by atoms with Gasteiger partial charge in [-0.25, -0.2) is 0 Å². The summed E-state index contributed by atoms with van der Waals surface area (Å²) in [4.78, 5) is 14.4. The molecule has 0 spiro atoms. The number of rotatable bonds is 3. The standard InChI is InChI=1S/C18H18N2O/c1-2-12-20-17-11-7-6-10-15(17)19-16(13-18(20)21)14-8-4-3-5-9-14/h2-11,16,19H,1,12-13H2/t16-/m1/s1. The van der Waals surface area contributed by atoms with Gasteiger partial charge in [-0.2, -0.15) is 0 Å². The van der Waals surface area contributed by atoms with Gasteiger partial charge in [-0.15, -0.1) is 6.58 Å². The Morgan fingerprint density at radius 2 is 1.86 bits per heavy atom. The van der Waals surface area contributed by atoms with Crippen molar-refractivity contribution in [1.29, 1.82) is 0 Å². The van der Waals surface area contributed by atoms with Gasteiger partial charge in [0.25, 0.3) is 0 Å². The molecule has 0 aliphatic carbocycles. The highest BCUT2D eigenvalue weighted by Crippen LogP contribution is 2.35. The summed E-state index contributed by atoms with van der Waals surface area (Å²) in [6.45, 7) is 4.28. The Labute approximate surface area is 124 Å². The van der Waals surface area contributed by atoms with E-state index in [4.69, 9.17) is 0 Å². The molecule has 1 heterocycles. The van der Waals surface area contributed by atoms with Crippen molar-refractivity contribution in [3.05, 3.63) is 72.8 Å². The first-order valence-corrected chi connectivity index (χ1v) is 7.11. The Morgan fingerprint density at radius 3 is 2.62 bits per heavy atom. The van der Waals surface area contributed by atoms with Crippen molar-refractivity contribution in [2.75, 3.05) is 16.8 Å². The molecule has 0 saturated heterocycles. The molecule has 1 amide bonds. The summed E-state index contributed by atoms with van der Waals surface area (Å²) < 4.78 is 0. The first-order chi connectivity index (χ1) is 10.3. The van der Waals surface area contributed by atoms with Crippen molar-refractivity contribution < 1.29 is 4.79 Å². The van der Waals surface area contributed by atoms with Gasteiger partial charge in [0.2, 0.25) is 5.91 Å². The fourth-order valence-corrected chi connectivity index (χ4v) is 2.70. The molecule has 0 aromatic heterocycles. The molecule has 106 valence electrons. The van der Waals surface area contributed by atoms with Crippen LogP contribution in [-0.4, -0.2) is 12.5 Å². The molecule has 1 aliphatic rings.